The van der Waals surface area contributed by atoms with Gasteiger partial charge in [0.05, 0.1) is 5.54 Å². The van der Waals surface area contributed by atoms with Crippen molar-refractivity contribution in [1.29, 1.82) is 0 Å². The normalized spacial score (nSPS) is 18.7. The van der Waals surface area contributed by atoms with E-state index in [9.17, 15) is 0 Å². The Kier molecular flexibility index (Phi) is 2.79. The zero-order valence-electron chi connectivity index (χ0n) is 10.0. The molecule has 2 heterocycles. The zero-order chi connectivity index (χ0) is 12.4. The van der Waals surface area contributed by atoms with Gasteiger partial charge in [0.2, 0.25) is 17.5 Å². The lowest BCUT2D eigenvalue weighted by Gasteiger charge is -2.29. The van der Waals surface area contributed by atoms with Crippen molar-refractivity contribution in [3.8, 4) is 11.6 Å². The first kappa shape index (κ1) is 11.3. The van der Waals surface area contributed by atoms with Gasteiger partial charge in [0.1, 0.15) is 0 Å². The Morgan fingerprint density at radius 3 is 2.50 bits per heavy atom. The summed E-state index contributed by atoms with van der Waals surface area (Å²) in [6.07, 6.45) is 8.52. The molecule has 6 nitrogen and oxygen atoms in total. The molecule has 1 fully saturated rings. The van der Waals surface area contributed by atoms with Crippen LogP contribution in [0.15, 0.2) is 23.0 Å². The summed E-state index contributed by atoms with van der Waals surface area (Å²) in [4.78, 5) is 12.5. The molecule has 0 unspecified atom stereocenters. The molecule has 0 saturated heterocycles. The maximum absolute atomic E-state index is 6.33. The predicted molar refractivity (Wildman–Crippen MR) is 64.3 cm³/mol. The van der Waals surface area contributed by atoms with Crippen LogP contribution in [0.3, 0.4) is 0 Å². The van der Waals surface area contributed by atoms with Crippen LogP contribution in [-0.2, 0) is 5.54 Å². The molecule has 1 aliphatic rings. The summed E-state index contributed by atoms with van der Waals surface area (Å²) in [6.45, 7) is 0. The second kappa shape index (κ2) is 4.45. The lowest BCUT2D eigenvalue weighted by atomic mass is 9.82. The van der Waals surface area contributed by atoms with E-state index in [1.807, 2.05) is 0 Å². The van der Waals surface area contributed by atoms with E-state index in [2.05, 4.69) is 20.1 Å². The molecule has 2 N–H and O–H groups in total. The summed E-state index contributed by atoms with van der Waals surface area (Å²) in [5, 5.41) is 3.92. The van der Waals surface area contributed by atoms with Gasteiger partial charge in [-0.1, -0.05) is 24.4 Å². The van der Waals surface area contributed by atoms with Gasteiger partial charge in [-0.25, -0.2) is 9.97 Å². The first-order valence-electron chi connectivity index (χ1n) is 6.18. The van der Waals surface area contributed by atoms with Crippen LogP contribution < -0.4 is 5.73 Å². The quantitative estimate of drug-likeness (QED) is 0.864. The number of hydrogen-bond acceptors (Lipinski definition) is 6. The van der Waals surface area contributed by atoms with Crippen molar-refractivity contribution < 1.29 is 4.52 Å². The van der Waals surface area contributed by atoms with Crippen LogP contribution >= 0.6 is 0 Å². The fourth-order valence-electron chi connectivity index (χ4n) is 2.33. The molecule has 0 bridgehead atoms. The van der Waals surface area contributed by atoms with Crippen LogP contribution in [0.5, 0.6) is 0 Å². The van der Waals surface area contributed by atoms with Crippen LogP contribution in [-0.4, -0.2) is 20.1 Å². The average molecular weight is 245 g/mol. The minimum Gasteiger partial charge on any atom is -0.337 e. The summed E-state index contributed by atoms with van der Waals surface area (Å²) in [5.41, 5.74) is 5.86. The van der Waals surface area contributed by atoms with Crippen LogP contribution in [0.2, 0.25) is 0 Å². The van der Waals surface area contributed by atoms with Crippen molar-refractivity contribution >= 4 is 0 Å². The summed E-state index contributed by atoms with van der Waals surface area (Å²) >= 11 is 0. The molecule has 6 heteroatoms. The third kappa shape index (κ3) is 1.99. The summed E-state index contributed by atoms with van der Waals surface area (Å²) in [7, 11) is 0. The molecule has 0 aliphatic heterocycles. The van der Waals surface area contributed by atoms with Gasteiger partial charge in [-0.15, -0.1) is 0 Å². The molecule has 94 valence electrons. The van der Waals surface area contributed by atoms with Crippen molar-refractivity contribution in [1.82, 2.24) is 20.1 Å². The van der Waals surface area contributed by atoms with E-state index in [1.165, 1.54) is 6.42 Å². The summed E-state index contributed by atoms with van der Waals surface area (Å²) in [5.74, 6) is 1.37. The molecule has 0 aromatic carbocycles. The predicted octanol–water partition coefficient (Wildman–Crippen LogP) is 1.64. The summed E-state index contributed by atoms with van der Waals surface area (Å²) in [6, 6.07) is 1.75. The Morgan fingerprint density at radius 2 is 1.78 bits per heavy atom. The lowest BCUT2D eigenvalue weighted by molar-refractivity contribution is 0.220. The summed E-state index contributed by atoms with van der Waals surface area (Å²) < 4.78 is 5.30. The monoisotopic (exact) mass is 245 g/mol. The molecular weight excluding hydrogens is 230 g/mol. The van der Waals surface area contributed by atoms with Gasteiger partial charge in [-0.2, -0.15) is 4.98 Å². The number of aromatic nitrogens is 4. The van der Waals surface area contributed by atoms with E-state index in [0.29, 0.717) is 17.5 Å². The maximum atomic E-state index is 6.33. The molecule has 0 spiro atoms. The second-order valence-corrected chi connectivity index (χ2v) is 4.71. The highest BCUT2D eigenvalue weighted by Crippen LogP contribution is 2.34. The highest BCUT2D eigenvalue weighted by molar-refractivity contribution is 5.40. The molecule has 0 atom stereocenters. The number of hydrogen-bond donors (Lipinski definition) is 1. The van der Waals surface area contributed by atoms with E-state index in [1.54, 1.807) is 18.5 Å². The highest BCUT2D eigenvalue weighted by Gasteiger charge is 2.35. The molecule has 1 saturated carbocycles. The molecule has 2 aromatic heterocycles. The Hall–Kier alpha value is -1.82. The second-order valence-electron chi connectivity index (χ2n) is 4.71. The van der Waals surface area contributed by atoms with E-state index in [0.717, 1.165) is 25.7 Å². The Bertz CT molecular complexity index is 518. The third-order valence-corrected chi connectivity index (χ3v) is 3.36. The highest BCUT2D eigenvalue weighted by atomic mass is 16.5. The van der Waals surface area contributed by atoms with E-state index >= 15 is 0 Å². The maximum Gasteiger partial charge on any atom is 0.247 e. The molecular formula is C12H15N5O. The van der Waals surface area contributed by atoms with Gasteiger partial charge in [0.25, 0.3) is 0 Å². The van der Waals surface area contributed by atoms with Crippen molar-refractivity contribution in [3.63, 3.8) is 0 Å². The zero-order valence-corrected chi connectivity index (χ0v) is 10.0. The third-order valence-electron chi connectivity index (χ3n) is 3.36. The molecule has 0 radical (unpaired) electrons. The Labute approximate surface area is 105 Å². The average Bonchev–Trinajstić information content (AvgIpc) is 2.91. The topological polar surface area (TPSA) is 90.7 Å². The lowest BCUT2D eigenvalue weighted by Crippen LogP contribution is -2.38. The Morgan fingerprint density at radius 1 is 1.06 bits per heavy atom. The largest absolute Gasteiger partial charge is 0.337 e. The minimum absolute atomic E-state index is 0.404. The van der Waals surface area contributed by atoms with Crippen LogP contribution in [0.4, 0.5) is 0 Å². The van der Waals surface area contributed by atoms with Crippen LogP contribution in [0.1, 0.15) is 38.0 Å². The first-order chi connectivity index (χ1) is 8.78. The van der Waals surface area contributed by atoms with Crippen molar-refractivity contribution in [2.45, 2.75) is 37.6 Å². The van der Waals surface area contributed by atoms with Crippen molar-refractivity contribution in [2.24, 2.45) is 5.73 Å². The fourth-order valence-corrected chi connectivity index (χ4v) is 2.33. The number of nitrogens with two attached hydrogens (primary N) is 1. The van der Waals surface area contributed by atoms with Gasteiger partial charge in [0.15, 0.2) is 0 Å². The molecule has 3 rings (SSSR count). The van der Waals surface area contributed by atoms with E-state index in [-0.39, 0.29) is 0 Å². The van der Waals surface area contributed by atoms with Crippen molar-refractivity contribution in [2.75, 3.05) is 0 Å². The van der Waals surface area contributed by atoms with Gasteiger partial charge in [-0.05, 0) is 18.9 Å². The minimum atomic E-state index is -0.474. The van der Waals surface area contributed by atoms with Gasteiger partial charge in [0, 0.05) is 12.4 Å². The van der Waals surface area contributed by atoms with Crippen LogP contribution in [0, 0.1) is 0 Å². The molecule has 1 aliphatic carbocycles. The van der Waals surface area contributed by atoms with E-state index < -0.39 is 5.54 Å². The van der Waals surface area contributed by atoms with Gasteiger partial charge in [-0.3, -0.25) is 0 Å². The Balaban J connectivity index is 1.89. The fraction of sp³-hybridized carbons (Fsp3) is 0.500. The molecule has 2 aromatic rings. The number of nitrogens with zero attached hydrogens (tertiary/aromatic N) is 4. The van der Waals surface area contributed by atoms with Gasteiger partial charge < -0.3 is 10.3 Å². The van der Waals surface area contributed by atoms with Crippen molar-refractivity contribution in [3.05, 3.63) is 24.4 Å². The van der Waals surface area contributed by atoms with E-state index in [4.69, 9.17) is 10.3 Å². The SMILES string of the molecule is NC1(c2nc(-c3ncccn3)no2)CCCCC1. The standard InChI is InChI=1S/C12H15N5O/c13-12(5-2-1-3-6-12)11-16-10(17-18-11)9-14-7-4-8-15-9/h4,7-8H,1-3,5-6,13H2. The number of rotatable bonds is 2. The molecule has 0 amide bonds. The van der Waals surface area contributed by atoms with Gasteiger partial charge >= 0.3 is 0 Å². The smallest absolute Gasteiger partial charge is 0.247 e. The first-order valence-corrected chi connectivity index (χ1v) is 6.18. The van der Waals surface area contributed by atoms with Crippen LogP contribution in [0.25, 0.3) is 11.6 Å². The molecule has 18 heavy (non-hydrogen) atoms.